The zero-order chi connectivity index (χ0) is 24.2. The van der Waals surface area contributed by atoms with Gasteiger partial charge in [0.1, 0.15) is 23.6 Å². The van der Waals surface area contributed by atoms with Gasteiger partial charge < -0.3 is 20.2 Å². The topological polar surface area (TPSA) is 75.0 Å². The molecule has 0 radical (unpaired) electrons. The van der Waals surface area contributed by atoms with Crippen molar-refractivity contribution in [1.82, 2.24) is 10.6 Å². The van der Waals surface area contributed by atoms with Crippen LogP contribution in [0.1, 0.15) is 12.5 Å². The van der Waals surface area contributed by atoms with Gasteiger partial charge in [0, 0.05) is 20.0 Å². The Labute approximate surface area is 205 Å². The summed E-state index contributed by atoms with van der Waals surface area (Å²) < 4.78 is 50.2. The van der Waals surface area contributed by atoms with E-state index in [1.54, 1.807) is 0 Å². The van der Waals surface area contributed by atoms with E-state index in [9.17, 15) is 9.59 Å². The average Bonchev–Trinajstić information content (AvgIpc) is 3.10. The number of benzene rings is 2. The predicted octanol–water partition coefficient (Wildman–Crippen LogP) is 3.62. The largest absolute Gasteiger partial charge is 0.442 e. The molecule has 1 unspecified atom stereocenters. The summed E-state index contributed by atoms with van der Waals surface area (Å²) in [4.78, 5) is 28.0. The molecule has 0 spiro atoms. The number of cyclic esters (lactones) is 1. The Morgan fingerprint density at radius 1 is 1.20 bits per heavy atom. The van der Waals surface area contributed by atoms with Crippen LogP contribution < -0.4 is 15.5 Å². The number of carbonyl (C=O) groups excluding carboxylic acids is 2. The van der Waals surface area contributed by atoms with Crippen LogP contribution in [0.3, 0.4) is 0 Å². The minimum Gasteiger partial charge on any atom is -0.442 e. The second-order valence-corrected chi connectivity index (χ2v) is 8.84. The number of anilines is 1. The molecule has 2 N–H and O–H groups in total. The van der Waals surface area contributed by atoms with Gasteiger partial charge in [-0.25, -0.2) is 24.5 Å². The van der Waals surface area contributed by atoms with Crippen LogP contribution >= 0.6 is 12.4 Å². The number of rotatable bonds is 5. The maximum atomic E-state index is 15.1. The molecule has 3 aliphatic rings. The molecule has 4 atom stereocenters. The predicted molar refractivity (Wildman–Crippen MR) is 123 cm³/mol. The average molecular weight is 507 g/mol. The lowest BCUT2D eigenvalue weighted by Crippen LogP contribution is -2.33. The van der Waals surface area contributed by atoms with E-state index in [1.807, 2.05) is 0 Å². The number of halogens is 4. The first kappa shape index (κ1) is 24.8. The molecule has 2 heterocycles. The van der Waals surface area contributed by atoms with Crippen LogP contribution in [0.5, 0.6) is 0 Å². The highest BCUT2D eigenvalue weighted by Gasteiger charge is 2.76. The van der Waals surface area contributed by atoms with Crippen LogP contribution in [0.4, 0.5) is 23.7 Å². The number of nitrogens with one attached hydrogen (secondary N) is 2. The van der Waals surface area contributed by atoms with Gasteiger partial charge in [0.05, 0.1) is 41.7 Å². The molecule has 35 heavy (non-hydrogen) atoms. The minimum atomic E-state index is -0.965. The summed E-state index contributed by atoms with van der Waals surface area (Å²) in [5.41, 5.74) is -1.13. The molecule has 2 aliphatic heterocycles. The van der Waals surface area contributed by atoms with Gasteiger partial charge in [-0.2, -0.15) is 0 Å². The number of ether oxygens (including phenoxy) is 1. The van der Waals surface area contributed by atoms with Crippen LogP contribution in [-0.4, -0.2) is 44.3 Å². The van der Waals surface area contributed by atoms with Gasteiger partial charge in [-0.15, -0.1) is 12.4 Å². The quantitative estimate of drug-likeness (QED) is 0.608. The van der Waals surface area contributed by atoms with Gasteiger partial charge in [-0.3, -0.25) is 9.69 Å². The first-order valence-electron chi connectivity index (χ1n) is 10.9. The molecule has 1 saturated carbocycles. The Balaban J connectivity index is 0.00000289. The van der Waals surface area contributed by atoms with Crippen molar-refractivity contribution in [1.29, 1.82) is 0 Å². The van der Waals surface area contributed by atoms with E-state index in [-0.39, 0.29) is 60.1 Å². The molecule has 11 heteroatoms. The number of amides is 2. The Hall–Kier alpha value is -3.29. The first-order chi connectivity index (χ1) is 16.3. The fourth-order valence-corrected chi connectivity index (χ4v) is 5.22. The van der Waals surface area contributed by atoms with Crippen molar-refractivity contribution in [3.05, 3.63) is 64.8 Å². The Bertz CT molecular complexity index is 1220. The third kappa shape index (κ3) is 3.98. The lowest BCUT2D eigenvalue weighted by molar-refractivity contribution is -0.119. The van der Waals surface area contributed by atoms with Gasteiger partial charge in [-0.05, 0) is 29.8 Å². The molecular formula is C24H22ClF3N4O3. The zero-order valence-corrected chi connectivity index (χ0v) is 19.4. The molecule has 2 saturated heterocycles. The van der Waals surface area contributed by atoms with E-state index < -0.39 is 40.8 Å². The summed E-state index contributed by atoms with van der Waals surface area (Å²) in [6, 6.07) is 5.89. The highest BCUT2D eigenvalue weighted by atomic mass is 35.5. The van der Waals surface area contributed by atoms with Crippen LogP contribution in [0.2, 0.25) is 0 Å². The van der Waals surface area contributed by atoms with Crippen molar-refractivity contribution in [2.24, 2.45) is 11.8 Å². The van der Waals surface area contributed by atoms with Gasteiger partial charge in [0.25, 0.3) is 5.54 Å². The van der Waals surface area contributed by atoms with E-state index in [2.05, 4.69) is 15.5 Å². The van der Waals surface area contributed by atoms with Gasteiger partial charge in [0.2, 0.25) is 5.91 Å². The van der Waals surface area contributed by atoms with Crippen molar-refractivity contribution in [2.45, 2.75) is 18.6 Å². The summed E-state index contributed by atoms with van der Waals surface area (Å²) in [6.45, 7) is 10.3. The maximum Gasteiger partial charge on any atom is 0.414 e. The highest BCUT2D eigenvalue weighted by molar-refractivity contribution is 5.90. The lowest BCUT2D eigenvalue weighted by atomic mass is 9.95. The standard InChI is InChI=1S/C24H21F3N4O3.ClH/c1-12(32)30-8-15-11-31(23(33)34-15)14-6-20(26)22(21(27)7-14)13-3-4-16(19(25)5-13)24(28-2)17-9-29-10-18(17)24;/h3-7,15,17-18,29H,8-11H2,1H3,(H,30,32);1H/t15-,17-,18+,24?;/m0./s1. The molecule has 184 valence electrons. The number of piperidine rings is 1. The monoisotopic (exact) mass is 506 g/mol. The first-order valence-corrected chi connectivity index (χ1v) is 10.9. The van der Waals surface area contributed by atoms with Crippen molar-refractivity contribution in [2.75, 3.05) is 31.1 Å². The fraction of sp³-hybridized carbons (Fsp3) is 0.375. The molecule has 2 aromatic rings. The number of carbonyl (C=O) groups is 2. The van der Waals surface area contributed by atoms with E-state index in [4.69, 9.17) is 11.3 Å². The molecule has 2 aromatic carbocycles. The van der Waals surface area contributed by atoms with Crippen molar-refractivity contribution >= 4 is 30.1 Å². The molecule has 0 bridgehead atoms. The van der Waals surface area contributed by atoms with Crippen LogP contribution in [0.25, 0.3) is 16.0 Å². The van der Waals surface area contributed by atoms with E-state index in [1.165, 1.54) is 19.1 Å². The number of nitrogens with zero attached hydrogens (tertiary/aromatic N) is 2. The fourth-order valence-electron chi connectivity index (χ4n) is 5.22. The molecule has 3 fully saturated rings. The van der Waals surface area contributed by atoms with Crippen molar-refractivity contribution in [3.8, 4) is 11.1 Å². The van der Waals surface area contributed by atoms with Crippen LogP contribution in [0, 0.1) is 35.9 Å². The maximum absolute atomic E-state index is 15.1. The molecule has 7 nitrogen and oxygen atoms in total. The number of fused-ring (bicyclic) bond motifs is 1. The van der Waals surface area contributed by atoms with Crippen LogP contribution in [0.15, 0.2) is 30.3 Å². The molecule has 0 aromatic heterocycles. The van der Waals surface area contributed by atoms with Crippen molar-refractivity contribution in [3.63, 3.8) is 0 Å². The second-order valence-electron chi connectivity index (χ2n) is 8.84. The summed E-state index contributed by atoms with van der Waals surface area (Å²) in [5.74, 6) is -2.83. The summed E-state index contributed by atoms with van der Waals surface area (Å²) in [6.07, 6.45) is -1.44. The third-order valence-corrected chi connectivity index (χ3v) is 6.90. The van der Waals surface area contributed by atoms with Gasteiger partial charge in [0.15, 0.2) is 0 Å². The molecular weight excluding hydrogens is 485 g/mol. The smallest absolute Gasteiger partial charge is 0.414 e. The van der Waals surface area contributed by atoms with Crippen molar-refractivity contribution < 1.29 is 27.5 Å². The summed E-state index contributed by atoms with van der Waals surface area (Å²) in [7, 11) is 0. The Morgan fingerprint density at radius 3 is 2.43 bits per heavy atom. The highest BCUT2D eigenvalue weighted by Crippen LogP contribution is 2.63. The summed E-state index contributed by atoms with van der Waals surface area (Å²) >= 11 is 0. The zero-order valence-electron chi connectivity index (χ0n) is 18.6. The minimum absolute atomic E-state index is 0. The van der Waals surface area contributed by atoms with Crippen LogP contribution in [-0.2, 0) is 15.1 Å². The van der Waals surface area contributed by atoms with E-state index in [0.717, 1.165) is 23.1 Å². The Morgan fingerprint density at radius 2 is 1.86 bits per heavy atom. The number of hydrogen-bond acceptors (Lipinski definition) is 4. The van der Waals surface area contributed by atoms with Gasteiger partial charge in [-0.1, -0.05) is 6.07 Å². The lowest BCUT2D eigenvalue weighted by Gasteiger charge is -2.16. The SMILES string of the molecule is Cl.[C-]#[N+]C1(c2ccc(-c3c(F)cc(N4C[C@H](CNC(C)=O)OC4=O)cc3F)cc2F)[C@@H]2CNC[C@@H]21. The second kappa shape index (κ2) is 9.06. The molecule has 1 aliphatic carbocycles. The third-order valence-electron chi connectivity index (χ3n) is 6.90. The molecule has 5 rings (SSSR count). The molecule has 2 amide bonds. The Kier molecular flexibility index (Phi) is 6.42. The summed E-state index contributed by atoms with van der Waals surface area (Å²) in [5, 5.41) is 5.70. The van der Waals surface area contributed by atoms with E-state index >= 15 is 13.2 Å². The number of hydrogen-bond donors (Lipinski definition) is 2. The normalized spacial score (nSPS) is 26.4. The van der Waals surface area contributed by atoms with Gasteiger partial charge >= 0.3 is 6.09 Å². The van der Waals surface area contributed by atoms with E-state index in [0.29, 0.717) is 13.1 Å².